The molecule has 1 amide bonds. The van der Waals surface area contributed by atoms with Crippen molar-refractivity contribution in [3.63, 3.8) is 0 Å². The van der Waals surface area contributed by atoms with E-state index in [1.54, 1.807) is 6.07 Å². The lowest BCUT2D eigenvalue weighted by molar-refractivity contribution is 0.0924. The molecule has 0 radical (unpaired) electrons. The SMILES string of the molecule is CCC1CCC(NC(=O)c2cc(Cl)ccc2O)C1C. The summed E-state index contributed by atoms with van der Waals surface area (Å²) in [6.07, 6.45) is 3.31. The van der Waals surface area contributed by atoms with Crippen molar-refractivity contribution in [3.05, 3.63) is 28.8 Å². The summed E-state index contributed by atoms with van der Waals surface area (Å²) in [7, 11) is 0. The Bertz CT molecular complexity index is 475. The van der Waals surface area contributed by atoms with Crippen LogP contribution in [0.25, 0.3) is 0 Å². The lowest BCUT2D eigenvalue weighted by Gasteiger charge is -2.21. The minimum absolute atomic E-state index is 0.0282. The van der Waals surface area contributed by atoms with Crippen molar-refractivity contribution >= 4 is 17.5 Å². The number of phenolic OH excluding ortho intramolecular Hbond substituents is 1. The van der Waals surface area contributed by atoms with Gasteiger partial charge in [-0.05, 0) is 42.9 Å². The van der Waals surface area contributed by atoms with Gasteiger partial charge >= 0.3 is 0 Å². The zero-order valence-electron chi connectivity index (χ0n) is 11.3. The van der Waals surface area contributed by atoms with Crippen LogP contribution in [0.15, 0.2) is 18.2 Å². The van der Waals surface area contributed by atoms with Crippen LogP contribution < -0.4 is 5.32 Å². The van der Waals surface area contributed by atoms with Crippen molar-refractivity contribution in [3.8, 4) is 5.75 Å². The normalized spacial score (nSPS) is 26.4. The van der Waals surface area contributed by atoms with E-state index in [0.717, 1.165) is 19.3 Å². The number of carbonyl (C=O) groups is 1. The second-order valence-electron chi connectivity index (χ2n) is 5.35. The van der Waals surface area contributed by atoms with Crippen molar-refractivity contribution < 1.29 is 9.90 Å². The molecular weight excluding hydrogens is 262 g/mol. The van der Waals surface area contributed by atoms with Crippen molar-refractivity contribution in [2.45, 2.75) is 39.2 Å². The average molecular weight is 282 g/mol. The number of hydrogen-bond donors (Lipinski definition) is 2. The molecule has 0 heterocycles. The van der Waals surface area contributed by atoms with E-state index in [0.29, 0.717) is 16.9 Å². The van der Waals surface area contributed by atoms with Crippen LogP contribution in [0.4, 0.5) is 0 Å². The minimum atomic E-state index is -0.242. The fourth-order valence-corrected chi connectivity index (χ4v) is 3.14. The van der Waals surface area contributed by atoms with Crippen LogP contribution in [-0.4, -0.2) is 17.1 Å². The third-order valence-electron chi connectivity index (χ3n) is 4.27. The molecule has 1 aliphatic rings. The largest absolute Gasteiger partial charge is 0.507 e. The van der Waals surface area contributed by atoms with Crippen LogP contribution in [0.5, 0.6) is 5.75 Å². The summed E-state index contributed by atoms with van der Waals surface area (Å²) < 4.78 is 0. The summed E-state index contributed by atoms with van der Waals surface area (Å²) in [5.74, 6) is 0.890. The van der Waals surface area contributed by atoms with Crippen LogP contribution in [0.1, 0.15) is 43.5 Å². The molecule has 4 heteroatoms. The van der Waals surface area contributed by atoms with E-state index in [4.69, 9.17) is 11.6 Å². The maximum absolute atomic E-state index is 12.2. The molecule has 1 aliphatic carbocycles. The van der Waals surface area contributed by atoms with Crippen molar-refractivity contribution in [1.29, 1.82) is 0 Å². The molecule has 104 valence electrons. The van der Waals surface area contributed by atoms with E-state index in [-0.39, 0.29) is 23.3 Å². The lowest BCUT2D eigenvalue weighted by atomic mass is 9.93. The molecule has 1 aromatic rings. The highest BCUT2D eigenvalue weighted by molar-refractivity contribution is 6.31. The predicted octanol–water partition coefficient (Wildman–Crippen LogP) is 3.60. The second-order valence-corrected chi connectivity index (χ2v) is 5.78. The van der Waals surface area contributed by atoms with Gasteiger partial charge in [-0.3, -0.25) is 4.79 Å². The first kappa shape index (κ1) is 14.2. The summed E-state index contributed by atoms with van der Waals surface area (Å²) in [5, 5.41) is 13.2. The number of carbonyl (C=O) groups excluding carboxylic acids is 1. The molecule has 3 unspecified atom stereocenters. The zero-order valence-corrected chi connectivity index (χ0v) is 12.1. The van der Waals surface area contributed by atoms with Gasteiger partial charge in [0.15, 0.2) is 0 Å². The highest BCUT2D eigenvalue weighted by Crippen LogP contribution is 2.34. The topological polar surface area (TPSA) is 49.3 Å². The number of hydrogen-bond acceptors (Lipinski definition) is 2. The molecule has 1 saturated carbocycles. The Balaban J connectivity index is 2.07. The van der Waals surface area contributed by atoms with Gasteiger partial charge in [0.25, 0.3) is 5.91 Å². The van der Waals surface area contributed by atoms with Gasteiger partial charge in [-0.1, -0.05) is 31.9 Å². The van der Waals surface area contributed by atoms with Gasteiger partial charge in [0.1, 0.15) is 5.75 Å². The lowest BCUT2D eigenvalue weighted by Crippen LogP contribution is -2.37. The smallest absolute Gasteiger partial charge is 0.255 e. The number of halogens is 1. The minimum Gasteiger partial charge on any atom is -0.507 e. The average Bonchev–Trinajstić information content (AvgIpc) is 2.73. The Hall–Kier alpha value is -1.22. The van der Waals surface area contributed by atoms with E-state index >= 15 is 0 Å². The van der Waals surface area contributed by atoms with E-state index < -0.39 is 0 Å². The van der Waals surface area contributed by atoms with Gasteiger partial charge in [-0.15, -0.1) is 0 Å². The van der Waals surface area contributed by atoms with Crippen LogP contribution in [0, 0.1) is 11.8 Å². The monoisotopic (exact) mass is 281 g/mol. The molecule has 1 aromatic carbocycles. The summed E-state index contributed by atoms with van der Waals surface area (Å²) in [6, 6.07) is 4.71. The summed E-state index contributed by atoms with van der Waals surface area (Å²) in [6.45, 7) is 4.37. The molecule has 2 rings (SSSR count). The number of rotatable bonds is 3. The van der Waals surface area contributed by atoms with Crippen LogP contribution >= 0.6 is 11.6 Å². The standard InChI is InChI=1S/C15H20ClNO2/c1-3-10-4-6-13(9(10)2)17-15(19)12-8-11(16)5-7-14(12)18/h5,7-10,13,18H,3-4,6H2,1-2H3,(H,17,19). The van der Waals surface area contributed by atoms with Crippen molar-refractivity contribution in [1.82, 2.24) is 5.32 Å². The van der Waals surface area contributed by atoms with Gasteiger partial charge in [0.05, 0.1) is 5.56 Å². The maximum atomic E-state index is 12.2. The molecule has 3 nitrogen and oxygen atoms in total. The Kier molecular flexibility index (Phi) is 4.35. The molecule has 0 bridgehead atoms. The van der Waals surface area contributed by atoms with Gasteiger partial charge in [-0.2, -0.15) is 0 Å². The number of phenols is 1. The van der Waals surface area contributed by atoms with E-state index in [9.17, 15) is 9.90 Å². The van der Waals surface area contributed by atoms with Gasteiger partial charge in [-0.25, -0.2) is 0 Å². The highest BCUT2D eigenvalue weighted by Gasteiger charge is 2.32. The Morgan fingerprint density at radius 3 is 2.84 bits per heavy atom. The quantitative estimate of drug-likeness (QED) is 0.889. The summed E-state index contributed by atoms with van der Waals surface area (Å²) in [5.41, 5.74) is 0.250. The first-order chi connectivity index (χ1) is 9.02. The molecule has 1 fully saturated rings. The van der Waals surface area contributed by atoms with Crippen LogP contribution in [0.3, 0.4) is 0 Å². The van der Waals surface area contributed by atoms with Crippen molar-refractivity contribution in [2.75, 3.05) is 0 Å². The maximum Gasteiger partial charge on any atom is 0.255 e. The number of nitrogens with one attached hydrogen (secondary N) is 1. The molecule has 3 atom stereocenters. The van der Waals surface area contributed by atoms with Crippen molar-refractivity contribution in [2.24, 2.45) is 11.8 Å². The molecule has 0 spiro atoms. The third-order valence-corrected chi connectivity index (χ3v) is 4.51. The van der Waals surface area contributed by atoms with Crippen LogP contribution in [0.2, 0.25) is 5.02 Å². The molecule has 0 saturated heterocycles. The molecular formula is C15H20ClNO2. The first-order valence-corrected chi connectivity index (χ1v) is 7.20. The van der Waals surface area contributed by atoms with E-state index in [1.165, 1.54) is 12.1 Å². The molecule has 0 aliphatic heterocycles. The first-order valence-electron chi connectivity index (χ1n) is 6.82. The fourth-order valence-electron chi connectivity index (χ4n) is 2.96. The third kappa shape index (κ3) is 3.03. The predicted molar refractivity (Wildman–Crippen MR) is 76.6 cm³/mol. The molecule has 2 N–H and O–H groups in total. The Morgan fingerprint density at radius 1 is 1.47 bits per heavy atom. The van der Waals surface area contributed by atoms with E-state index in [1.807, 2.05) is 0 Å². The Morgan fingerprint density at radius 2 is 2.21 bits per heavy atom. The van der Waals surface area contributed by atoms with Gasteiger partial charge < -0.3 is 10.4 Å². The second kappa shape index (κ2) is 5.83. The summed E-state index contributed by atoms with van der Waals surface area (Å²) >= 11 is 5.86. The Labute approximate surface area is 119 Å². The number of aromatic hydroxyl groups is 1. The van der Waals surface area contributed by atoms with Gasteiger partial charge in [0, 0.05) is 11.1 Å². The molecule has 19 heavy (non-hydrogen) atoms. The van der Waals surface area contributed by atoms with E-state index in [2.05, 4.69) is 19.2 Å². The molecule has 0 aromatic heterocycles. The van der Waals surface area contributed by atoms with Gasteiger partial charge in [0.2, 0.25) is 0 Å². The zero-order chi connectivity index (χ0) is 14.0. The van der Waals surface area contributed by atoms with Crippen LogP contribution in [-0.2, 0) is 0 Å². The fraction of sp³-hybridized carbons (Fsp3) is 0.533. The highest BCUT2D eigenvalue weighted by atomic mass is 35.5. The number of benzene rings is 1. The summed E-state index contributed by atoms with van der Waals surface area (Å²) in [4.78, 5) is 12.2. The number of amides is 1.